The largest absolute Gasteiger partial charge is 0.361 e. The summed E-state index contributed by atoms with van der Waals surface area (Å²) < 4.78 is 8.31. The molecule has 0 saturated carbocycles. The van der Waals surface area contributed by atoms with Crippen LogP contribution in [0, 0.1) is 0 Å². The molecule has 20 heavy (non-hydrogen) atoms. The first-order chi connectivity index (χ1) is 9.63. The van der Waals surface area contributed by atoms with Crippen LogP contribution in [-0.2, 0) is 25.9 Å². The molecule has 0 aliphatic carbocycles. The topological polar surface area (TPSA) is 55.9 Å². The quantitative estimate of drug-likeness (QED) is 0.841. The summed E-state index contributed by atoms with van der Waals surface area (Å²) in [6.07, 6.45) is 5.56. The smallest absolute Gasteiger partial charge is 0.141 e. The van der Waals surface area contributed by atoms with Gasteiger partial charge in [0.2, 0.25) is 0 Å². The highest BCUT2D eigenvalue weighted by Gasteiger charge is 2.14. The molecular formula is C14H21BrN4O. The number of aryl methyl sites for hydroxylation is 2. The SMILES string of the molecule is CCc1noc(CC)c1CNC(C)Cn1cc(Br)cn1. The molecule has 1 atom stereocenters. The second-order valence-corrected chi connectivity index (χ2v) is 5.82. The Kier molecular flexibility index (Phi) is 5.37. The van der Waals surface area contributed by atoms with E-state index < -0.39 is 0 Å². The van der Waals surface area contributed by atoms with Crippen LogP contribution >= 0.6 is 15.9 Å². The average molecular weight is 341 g/mol. The second kappa shape index (κ2) is 7.04. The molecule has 0 spiro atoms. The summed E-state index contributed by atoms with van der Waals surface area (Å²) in [5.74, 6) is 0.989. The van der Waals surface area contributed by atoms with Gasteiger partial charge in [0.1, 0.15) is 5.76 Å². The van der Waals surface area contributed by atoms with E-state index in [1.54, 1.807) is 6.20 Å². The lowest BCUT2D eigenvalue weighted by atomic mass is 10.1. The first-order valence-electron chi connectivity index (χ1n) is 7.01. The van der Waals surface area contributed by atoms with Crippen LogP contribution in [0.25, 0.3) is 0 Å². The minimum Gasteiger partial charge on any atom is -0.361 e. The molecule has 2 aromatic rings. The van der Waals surface area contributed by atoms with Crippen LogP contribution in [0.3, 0.4) is 0 Å². The summed E-state index contributed by atoms with van der Waals surface area (Å²) in [6, 6.07) is 0.325. The molecule has 0 aliphatic heterocycles. The molecule has 0 saturated heterocycles. The lowest BCUT2D eigenvalue weighted by Gasteiger charge is -2.14. The molecule has 0 aromatic carbocycles. The Morgan fingerprint density at radius 1 is 1.40 bits per heavy atom. The van der Waals surface area contributed by atoms with Crippen LogP contribution in [0.4, 0.5) is 0 Å². The number of aromatic nitrogens is 3. The second-order valence-electron chi connectivity index (χ2n) is 4.90. The van der Waals surface area contributed by atoms with E-state index in [0.717, 1.165) is 41.9 Å². The van der Waals surface area contributed by atoms with Gasteiger partial charge in [-0.1, -0.05) is 19.0 Å². The molecule has 0 bridgehead atoms. The molecule has 1 unspecified atom stereocenters. The van der Waals surface area contributed by atoms with Crippen molar-refractivity contribution in [2.24, 2.45) is 0 Å². The summed E-state index contributed by atoms with van der Waals surface area (Å²) >= 11 is 3.41. The van der Waals surface area contributed by atoms with Crippen LogP contribution < -0.4 is 5.32 Å². The van der Waals surface area contributed by atoms with Gasteiger partial charge in [-0.05, 0) is 29.3 Å². The Balaban J connectivity index is 1.92. The van der Waals surface area contributed by atoms with Crippen LogP contribution in [0.1, 0.15) is 37.8 Å². The molecule has 2 rings (SSSR count). The Hall–Kier alpha value is -1.14. The number of rotatable bonds is 7. The number of halogens is 1. The number of hydrogen-bond donors (Lipinski definition) is 1. The van der Waals surface area contributed by atoms with Crippen LogP contribution in [0.5, 0.6) is 0 Å². The maximum atomic E-state index is 5.38. The predicted molar refractivity (Wildman–Crippen MR) is 81.5 cm³/mol. The number of nitrogens with zero attached hydrogens (tertiary/aromatic N) is 3. The molecule has 1 N–H and O–H groups in total. The zero-order valence-electron chi connectivity index (χ0n) is 12.2. The van der Waals surface area contributed by atoms with Gasteiger partial charge >= 0.3 is 0 Å². The Bertz CT molecular complexity index is 528. The third kappa shape index (κ3) is 3.70. The monoisotopic (exact) mass is 340 g/mol. The lowest BCUT2D eigenvalue weighted by Crippen LogP contribution is -2.30. The van der Waals surface area contributed by atoms with Gasteiger partial charge in [-0.15, -0.1) is 0 Å². The van der Waals surface area contributed by atoms with Crippen molar-refractivity contribution in [3.8, 4) is 0 Å². The van der Waals surface area contributed by atoms with Crippen molar-refractivity contribution in [2.75, 3.05) is 0 Å². The zero-order valence-corrected chi connectivity index (χ0v) is 13.8. The van der Waals surface area contributed by atoms with Gasteiger partial charge in [0.05, 0.1) is 22.9 Å². The van der Waals surface area contributed by atoms with E-state index in [1.165, 1.54) is 5.56 Å². The molecule has 0 fully saturated rings. The molecule has 0 amide bonds. The number of hydrogen-bond acceptors (Lipinski definition) is 4. The molecule has 0 radical (unpaired) electrons. The van der Waals surface area contributed by atoms with Crippen LogP contribution in [0.15, 0.2) is 21.4 Å². The normalized spacial score (nSPS) is 12.8. The molecule has 0 aliphatic rings. The van der Waals surface area contributed by atoms with Crippen molar-refractivity contribution in [1.82, 2.24) is 20.3 Å². The highest BCUT2D eigenvalue weighted by atomic mass is 79.9. The van der Waals surface area contributed by atoms with Gasteiger partial charge in [-0.2, -0.15) is 5.10 Å². The van der Waals surface area contributed by atoms with E-state index in [2.05, 4.69) is 52.3 Å². The summed E-state index contributed by atoms with van der Waals surface area (Å²) in [5, 5.41) is 11.9. The summed E-state index contributed by atoms with van der Waals surface area (Å²) in [4.78, 5) is 0. The first kappa shape index (κ1) is 15.3. The van der Waals surface area contributed by atoms with Gasteiger partial charge in [-0.3, -0.25) is 4.68 Å². The predicted octanol–water partition coefficient (Wildman–Crippen LogP) is 2.94. The summed E-state index contributed by atoms with van der Waals surface area (Å²) in [5.41, 5.74) is 2.27. The van der Waals surface area contributed by atoms with E-state index in [4.69, 9.17) is 4.52 Å². The van der Waals surface area contributed by atoms with Crippen LogP contribution in [-0.4, -0.2) is 21.0 Å². The first-order valence-corrected chi connectivity index (χ1v) is 7.80. The maximum absolute atomic E-state index is 5.38. The van der Waals surface area contributed by atoms with Gasteiger partial charge in [-0.25, -0.2) is 0 Å². The molecule has 110 valence electrons. The number of nitrogens with one attached hydrogen (secondary N) is 1. The van der Waals surface area contributed by atoms with Crippen molar-refractivity contribution >= 4 is 15.9 Å². The molecular weight excluding hydrogens is 320 g/mol. The summed E-state index contributed by atoms with van der Waals surface area (Å²) in [7, 11) is 0. The Labute approximate surface area is 127 Å². The fraction of sp³-hybridized carbons (Fsp3) is 0.571. The standard InChI is InChI=1S/C14H21BrN4O/c1-4-13-12(14(5-2)20-18-13)7-16-10(3)8-19-9-11(15)6-17-19/h6,9-10,16H,4-5,7-8H2,1-3H3. The van der Waals surface area contributed by atoms with E-state index in [9.17, 15) is 0 Å². The Morgan fingerprint density at radius 3 is 2.80 bits per heavy atom. The molecule has 6 heteroatoms. The summed E-state index contributed by atoms with van der Waals surface area (Å²) in [6.45, 7) is 7.97. The molecule has 5 nitrogen and oxygen atoms in total. The van der Waals surface area contributed by atoms with E-state index in [-0.39, 0.29) is 0 Å². The highest BCUT2D eigenvalue weighted by molar-refractivity contribution is 9.10. The van der Waals surface area contributed by atoms with E-state index in [1.807, 2.05) is 10.9 Å². The third-order valence-electron chi connectivity index (χ3n) is 3.30. The maximum Gasteiger partial charge on any atom is 0.141 e. The molecule has 2 heterocycles. The molecule has 2 aromatic heterocycles. The van der Waals surface area contributed by atoms with Crippen LogP contribution in [0.2, 0.25) is 0 Å². The highest BCUT2D eigenvalue weighted by Crippen LogP contribution is 2.15. The van der Waals surface area contributed by atoms with E-state index >= 15 is 0 Å². The van der Waals surface area contributed by atoms with Crippen molar-refractivity contribution in [3.63, 3.8) is 0 Å². The zero-order chi connectivity index (χ0) is 14.5. The van der Waals surface area contributed by atoms with Gasteiger partial charge in [0, 0.05) is 30.8 Å². The fourth-order valence-corrected chi connectivity index (χ4v) is 2.53. The Morgan fingerprint density at radius 2 is 2.20 bits per heavy atom. The van der Waals surface area contributed by atoms with Crippen molar-refractivity contribution in [2.45, 2.75) is 52.7 Å². The van der Waals surface area contributed by atoms with E-state index in [0.29, 0.717) is 6.04 Å². The lowest BCUT2D eigenvalue weighted by molar-refractivity contribution is 0.378. The minimum absolute atomic E-state index is 0.325. The third-order valence-corrected chi connectivity index (χ3v) is 3.71. The average Bonchev–Trinajstić information content (AvgIpc) is 3.01. The van der Waals surface area contributed by atoms with Crippen molar-refractivity contribution in [1.29, 1.82) is 0 Å². The van der Waals surface area contributed by atoms with Crippen molar-refractivity contribution in [3.05, 3.63) is 33.9 Å². The van der Waals surface area contributed by atoms with Gasteiger partial charge in [0.25, 0.3) is 0 Å². The van der Waals surface area contributed by atoms with Crippen molar-refractivity contribution < 1.29 is 4.52 Å². The van der Waals surface area contributed by atoms with Gasteiger partial charge in [0.15, 0.2) is 0 Å². The van der Waals surface area contributed by atoms with Gasteiger partial charge < -0.3 is 9.84 Å². The fourth-order valence-electron chi connectivity index (χ4n) is 2.20. The minimum atomic E-state index is 0.325.